The number of rotatable bonds is 4. The highest BCUT2D eigenvalue weighted by atomic mass is 32.2. The number of nitrogens with one attached hydrogen (secondary N) is 1. The minimum atomic E-state index is -3.43. The van der Waals surface area contributed by atoms with Gasteiger partial charge in [-0.3, -0.25) is 4.90 Å². The Hall–Kier alpha value is -1.11. The van der Waals surface area contributed by atoms with Crippen LogP contribution in [0, 0.1) is 0 Å². The average molecular weight is 297 g/mol. The smallest absolute Gasteiger partial charge is 0.245 e. The summed E-state index contributed by atoms with van der Waals surface area (Å²) in [5.41, 5.74) is 0.651. The molecule has 0 amide bonds. The van der Waals surface area contributed by atoms with Gasteiger partial charge in [0.05, 0.1) is 5.69 Å². The van der Waals surface area contributed by atoms with Gasteiger partial charge >= 0.3 is 0 Å². The minimum absolute atomic E-state index is 0.255. The maximum absolute atomic E-state index is 12.8. The van der Waals surface area contributed by atoms with Crippen LogP contribution in [-0.2, 0) is 10.0 Å². The lowest BCUT2D eigenvalue weighted by molar-refractivity contribution is 0.135. The molecule has 0 radical (unpaired) electrons. The predicted molar refractivity (Wildman–Crippen MR) is 81.5 cm³/mol. The SMILES string of the molecule is CCN1CCN(S(=O)(=O)c2ccccc2NC)CC1C. The molecule has 0 saturated carbocycles. The zero-order chi connectivity index (χ0) is 14.8. The molecule has 1 aromatic rings. The molecule has 0 spiro atoms. The van der Waals surface area contributed by atoms with E-state index in [2.05, 4.69) is 24.1 Å². The maximum Gasteiger partial charge on any atom is 0.245 e. The van der Waals surface area contributed by atoms with Crippen molar-refractivity contribution in [3.05, 3.63) is 24.3 Å². The van der Waals surface area contributed by atoms with Gasteiger partial charge in [-0.05, 0) is 25.6 Å². The summed E-state index contributed by atoms with van der Waals surface area (Å²) in [4.78, 5) is 2.66. The first-order valence-corrected chi connectivity index (χ1v) is 8.45. The molecule has 1 heterocycles. The summed E-state index contributed by atoms with van der Waals surface area (Å²) in [6, 6.07) is 7.31. The third-order valence-corrected chi connectivity index (χ3v) is 5.83. The molecule has 0 bridgehead atoms. The quantitative estimate of drug-likeness (QED) is 0.914. The topological polar surface area (TPSA) is 52.7 Å². The Kier molecular flexibility index (Phi) is 4.67. The summed E-state index contributed by atoms with van der Waals surface area (Å²) < 4.78 is 27.1. The van der Waals surface area contributed by atoms with Crippen LogP contribution in [0.25, 0.3) is 0 Å². The first-order valence-electron chi connectivity index (χ1n) is 7.01. The fraction of sp³-hybridized carbons (Fsp3) is 0.571. The zero-order valence-corrected chi connectivity index (χ0v) is 13.2. The summed E-state index contributed by atoms with van der Waals surface area (Å²) in [6.45, 7) is 7.04. The van der Waals surface area contributed by atoms with Gasteiger partial charge in [0.25, 0.3) is 0 Å². The van der Waals surface area contributed by atoms with Crippen molar-refractivity contribution >= 4 is 15.7 Å². The van der Waals surface area contributed by atoms with Crippen LogP contribution < -0.4 is 5.32 Å². The molecule has 1 aromatic carbocycles. The normalized spacial score (nSPS) is 21.9. The van der Waals surface area contributed by atoms with E-state index in [0.717, 1.165) is 13.1 Å². The van der Waals surface area contributed by atoms with Gasteiger partial charge in [-0.1, -0.05) is 19.1 Å². The molecular formula is C14H23N3O2S. The van der Waals surface area contributed by atoms with Crippen LogP contribution in [0.2, 0.25) is 0 Å². The third kappa shape index (κ3) is 2.82. The summed E-state index contributed by atoms with van der Waals surface area (Å²) in [6.07, 6.45) is 0. The van der Waals surface area contributed by atoms with Crippen molar-refractivity contribution in [2.75, 3.05) is 38.5 Å². The molecule has 1 atom stereocenters. The number of sulfonamides is 1. The Morgan fingerprint density at radius 3 is 2.60 bits per heavy atom. The standard InChI is InChI=1S/C14H23N3O2S/c1-4-16-9-10-17(11-12(16)2)20(18,19)14-8-6-5-7-13(14)15-3/h5-8,12,15H,4,9-11H2,1-3H3. The van der Waals surface area contributed by atoms with Gasteiger partial charge < -0.3 is 5.32 Å². The average Bonchev–Trinajstić information content (AvgIpc) is 2.47. The van der Waals surface area contributed by atoms with Crippen LogP contribution in [0.15, 0.2) is 29.2 Å². The molecular weight excluding hydrogens is 274 g/mol. The van der Waals surface area contributed by atoms with Gasteiger partial charge in [0.1, 0.15) is 4.90 Å². The molecule has 0 aromatic heterocycles. The van der Waals surface area contributed by atoms with Crippen molar-refractivity contribution in [3.63, 3.8) is 0 Å². The molecule has 1 N–H and O–H groups in total. The number of para-hydroxylation sites is 1. The lowest BCUT2D eigenvalue weighted by Gasteiger charge is -2.38. The molecule has 1 unspecified atom stereocenters. The first-order chi connectivity index (χ1) is 9.50. The zero-order valence-electron chi connectivity index (χ0n) is 12.3. The van der Waals surface area contributed by atoms with Crippen LogP contribution in [0.1, 0.15) is 13.8 Å². The second-order valence-electron chi connectivity index (χ2n) is 5.09. The Bertz CT molecular complexity index is 559. The second-order valence-corrected chi connectivity index (χ2v) is 6.99. The number of piperazine rings is 1. The highest BCUT2D eigenvalue weighted by molar-refractivity contribution is 7.89. The number of likely N-dealkylation sites (N-methyl/N-ethyl adjacent to an activating group) is 1. The number of benzene rings is 1. The summed E-state index contributed by atoms with van der Waals surface area (Å²) in [5.74, 6) is 0. The number of hydrogen-bond donors (Lipinski definition) is 1. The van der Waals surface area contributed by atoms with Crippen molar-refractivity contribution in [1.29, 1.82) is 0 Å². The Morgan fingerprint density at radius 2 is 2.00 bits per heavy atom. The van der Waals surface area contributed by atoms with Crippen LogP contribution in [0.4, 0.5) is 5.69 Å². The van der Waals surface area contributed by atoms with E-state index in [4.69, 9.17) is 0 Å². The van der Waals surface area contributed by atoms with Crippen LogP contribution in [0.5, 0.6) is 0 Å². The summed E-state index contributed by atoms with van der Waals surface area (Å²) in [7, 11) is -1.68. The molecule has 5 nitrogen and oxygen atoms in total. The van der Waals surface area contributed by atoms with E-state index in [1.807, 2.05) is 6.07 Å². The lowest BCUT2D eigenvalue weighted by atomic mass is 10.2. The van der Waals surface area contributed by atoms with E-state index in [0.29, 0.717) is 23.7 Å². The van der Waals surface area contributed by atoms with Crippen LogP contribution in [-0.4, -0.2) is 56.9 Å². The number of nitrogens with zero attached hydrogens (tertiary/aromatic N) is 2. The Labute approximate surface area is 121 Å². The number of hydrogen-bond acceptors (Lipinski definition) is 4. The third-order valence-electron chi connectivity index (χ3n) is 3.91. The maximum atomic E-state index is 12.8. The summed E-state index contributed by atoms with van der Waals surface area (Å²) in [5, 5.41) is 2.96. The molecule has 1 aliphatic heterocycles. The van der Waals surface area contributed by atoms with Crippen molar-refractivity contribution in [2.24, 2.45) is 0 Å². The van der Waals surface area contributed by atoms with E-state index in [-0.39, 0.29) is 6.04 Å². The first kappa shape index (κ1) is 15.3. The molecule has 1 fully saturated rings. The second kappa shape index (κ2) is 6.11. The lowest BCUT2D eigenvalue weighted by Crippen LogP contribution is -2.53. The molecule has 6 heteroatoms. The van der Waals surface area contributed by atoms with Gasteiger partial charge in [0.15, 0.2) is 0 Å². The van der Waals surface area contributed by atoms with E-state index in [9.17, 15) is 8.42 Å². The van der Waals surface area contributed by atoms with E-state index >= 15 is 0 Å². The van der Waals surface area contributed by atoms with E-state index in [1.165, 1.54) is 0 Å². The van der Waals surface area contributed by atoms with E-state index < -0.39 is 10.0 Å². The van der Waals surface area contributed by atoms with Gasteiger partial charge in [0.2, 0.25) is 10.0 Å². The van der Waals surface area contributed by atoms with Crippen LogP contribution >= 0.6 is 0 Å². The highest BCUT2D eigenvalue weighted by Gasteiger charge is 2.32. The minimum Gasteiger partial charge on any atom is -0.387 e. The molecule has 112 valence electrons. The van der Waals surface area contributed by atoms with Crippen molar-refractivity contribution in [3.8, 4) is 0 Å². The number of anilines is 1. The summed E-state index contributed by atoms with van der Waals surface area (Å²) >= 11 is 0. The molecule has 20 heavy (non-hydrogen) atoms. The monoisotopic (exact) mass is 297 g/mol. The van der Waals surface area contributed by atoms with Crippen molar-refractivity contribution < 1.29 is 8.42 Å². The largest absolute Gasteiger partial charge is 0.387 e. The van der Waals surface area contributed by atoms with Gasteiger partial charge in [0, 0.05) is 32.7 Å². The van der Waals surface area contributed by atoms with Gasteiger partial charge in [-0.25, -0.2) is 8.42 Å². The highest BCUT2D eigenvalue weighted by Crippen LogP contribution is 2.25. The van der Waals surface area contributed by atoms with Crippen LogP contribution in [0.3, 0.4) is 0 Å². The molecule has 1 aliphatic rings. The molecule has 2 rings (SSSR count). The van der Waals surface area contributed by atoms with Gasteiger partial charge in [-0.15, -0.1) is 0 Å². The van der Waals surface area contributed by atoms with Gasteiger partial charge in [-0.2, -0.15) is 4.31 Å². The fourth-order valence-electron chi connectivity index (χ4n) is 2.69. The molecule has 1 saturated heterocycles. The molecule has 0 aliphatic carbocycles. The fourth-order valence-corrected chi connectivity index (χ4v) is 4.40. The Morgan fingerprint density at radius 1 is 1.30 bits per heavy atom. The van der Waals surface area contributed by atoms with E-state index in [1.54, 1.807) is 29.6 Å². The Balaban J connectivity index is 2.27. The van der Waals surface area contributed by atoms with Crippen molar-refractivity contribution in [1.82, 2.24) is 9.21 Å². The van der Waals surface area contributed by atoms with Crippen molar-refractivity contribution in [2.45, 2.75) is 24.8 Å². The predicted octanol–water partition coefficient (Wildman–Crippen LogP) is 1.44.